The van der Waals surface area contributed by atoms with Gasteiger partial charge in [0.1, 0.15) is 4.90 Å². The molecule has 1 heterocycles. The van der Waals surface area contributed by atoms with Crippen LogP contribution in [-0.2, 0) is 20.0 Å². The quantitative estimate of drug-likeness (QED) is 0.857. The summed E-state index contributed by atoms with van der Waals surface area (Å²) in [5, 5.41) is 0. The van der Waals surface area contributed by atoms with Gasteiger partial charge in [0.25, 0.3) is 10.0 Å². The van der Waals surface area contributed by atoms with E-state index in [1.54, 1.807) is 13.0 Å². The van der Waals surface area contributed by atoms with Gasteiger partial charge in [-0.05, 0) is 44.2 Å². The number of anilines is 2. The van der Waals surface area contributed by atoms with Gasteiger partial charge in [0.05, 0.1) is 6.26 Å². The third-order valence-corrected chi connectivity index (χ3v) is 5.93. The molecule has 120 valence electrons. The molecular weight excluding hydrogens is 344 g/mol. The first-order valence-corrected chi connectivity index (χ1v) is 10.4. The predicted octanol–water partition coefficient (Wildman–Crippen LogP) is 2.54. The van der Waals surface area contributed by atoms with E-state index in [0.29, 0.717) is 11.4 Å². The number of sulfonamides is 2. The van der Waals surface area contributed by atoms with Crippen molar-refractivity contribution in [1.82, 2.24) is 0 Å². The predicted molar refractivity (Wildman–Crippen MR) is 89.5 cm³/mol. The number of hydrogen-bond acceptors (Lipinski definition) is 5. The molecule has 2 rings (SSSR count). The molecule has 0 radical (unpaired) electrons. The molecule has 2 aromatic rings. The third-order valence-electron chi connectivity index (χ3n) is 2.73. The van der Waals surface area contributed by atoms with Crippen molar-refractivity contribution >= 4 is 42.8 Å². The molecule has 2 N–H and O–H groups in total. The van der Waals surface area contributed by atoms with Gasteiger partial charge in [-0.15, -0.1) is 11.3 Å². The maximum Gasteiger partial charge on any atom is 0.262 e. The van der Waals surface area contributed by atoms with Crippen LogP contribution in [0.5, 0.6) is 0 Å². The maximum atomic E-state index is 12.3. The lowest BCUT2D eigenvalue weighted by molar-refractivity contribution is 0.600. The second-order valence-corrected chi connectivity index (χ2v) is 9.69. The van der Waals surface area contributed by atoms with Gasteiger partial charge in [0.2, 0.25) is 10.0 Å². The average molecular weight is 360 g/mol. The van der Waals surface area contributed by atoms with Crippen LogP contribution in [0.2, 0.25) is 0 Å². The minimum atomic E-state index is -3.65. The fraction of sp³-hybridized carbons (Fsp3) is 0.231. The lowest BCUT2D eigenvalue weighted by Gasteiger charge is -2.09. The van der Waals surface area contributed by atoms with Gasteiger partial charge in [-0.25, -0.2) is 16.8 Å². The van der Waals surface area contributed by atoms with Gasteiger partial charge >= 0.3 is 0 Å². The van der Waals surface area contributed by atoms with Crippen LogP contribution in [0.4, 0.5) is 11.4 Å². The summed E-state index contributed by atoms with van der Waals surface area (Å²) < 4.78 is 51.7. The molecule has 0 unspecified atom stereocenters. The summed E-state index contributed by atoms with van der Waals surface area (Å²) >= 11 is 1.42. The number of aryl methyl sites for hydroxylation is 2. The van der Waals surface area contributed by atoms with E-state index >= 15 is 0 Å². The fourth-order valence-electron chi connectivity index (χ4n) is 1.90. The van der Waals surface area contributed by atoms with Crippen LogP contribution in [0.15, 0.2) is 35.2 Å². The van der Waals surface area contributed by atoms with Crippen molar-refractivity contribution in [3.63, 3.8) is 0 Å². The van der Waals surface area contributed by atoms with Crippen LogP contribution in [0, 0.1) is 13.8 Å². The second kappa shape index (κ2) is 5.90. The summed E-state index contributed by atoms with van der Waals surface area (Å²) in [6, 6.07) is 7.61. The van der Waals surface area contributed by atoms with Gasteiger partial charge in [-0.3, -0.25) is 9.44 Å². The maximum absolute atomic E-state index is 12.3. The third kappa shape index (κ3) is 4.21. The summed E-state index contributed by atoms with van der Waals surface area (Å²) in [5.74, 6) is 0. The van der Waals surface area contributed by atoms with Gasteiger partial charge in [-0.2, -0.15) is 0 Å². The minimum Gasteiger partial charge on any atom is -0.284 e. The minimum absolute atomic E-state index is 0.258. The van der Waals surface area contributed by atoms with Crippen molar-refractivity contribution in [2.24, 2.45) is 0 Å². The first kappa shape index (κ1) is 16.8. The molecule has 6 nitrogen and oxygen atoms in total. The molecule has 0 spiro atoms. The highest BCUT2D eigenvalue weighted by Gasteiger charge is 2.19. The number of thiophene rings is 1. The van der Waals surface area contributed by atoms with E-state index in [1.165, 1.54) is 35.6 Å². The zero-order valence-electron chi connectivity index (χ0n) is 12.2. The molecule has 22 heavy (non-hydrogen) atoms. The van der Waals surface area contributed by atoms with Crippen molar-refractivity contribution in [3.8, 4) is 0 Å². The summed E-state index contributed by atoms with van der Waals surface area (Å²) in [6.45, 7) is 3.60. The van der Waals surface area contributed by atoms with Gasteiger partial charge < -0.3 is 0 Å². The van der Waals surface area contributed by atoms with Crippen molar-refractivity contribution in [2.75, 3.05) is 15.7 Å². The monoisotopic (exact) mass is 360 g/mol. The summed E-state index contributed by atoms with van der Waals surface area (Å²) in [5.41, 5.74) is 0.732. The summed E-state index contributed by atoms with van der Waals surface area (Å²) in [4.78, 5) is 1.90. The summed E-state index contributed by atoms with van der Waals surface area (Å²) in [6.07, 6.45) is 1.05. The van der Waals surface area contributed by atoms with E-state index in [-0.39, 0.29) is 4.90 Å². The SMILES string of the molecule is Cc1cc(S(=O)(=O)Nc2ccc(NS(C)(=O)=O)cc2)c(C)s1. The molecule has 0 bridgehead atoms. The van der Waals surface area contributed by atoms with Crippen LogP contribution < -0.4 is 9.44 Å². The standard InChI is InChI=1S/C13H16N2O4S3/c1-9-8-13(10(2)20-9)22(18,19)15-12-6-4-11(5-7-12)14-21(3,16)17/h4-8,14-15H,1-3H3. The zero-order valence-corrected chi connectivity index (χ0v) is 14.7. The Labute approximate surface area is 134 Å². The van der Waals surface area contributed by atoms with Crippen LogP contribution in [0.3, 0.4) is 0 Å². The van der Waals surface area contributed by atoms with Gasteiger partial charge in [0, 0.05) is 21.1 Å². The molecule has 0 saturated carbocycles. The largest absolute Gasteiger partial charge is 0.284 e. The van der Waals surface area contributed by atoms with E-state index in [1.807, 2.05) is 6.92 Å². The first-order valence-electron chi connectivity index (χ1n) is 6.24. The Balaban J connectivity index is 2.22. The highest BCUT2D eigenvalue weighted by atomic mass is 32.2. The smallest absolute Gasteiger partial charge is 0.262 e. The van der Waals surface area contributed by atoms with E-state index in [9.17, 15) is 16.8 Å². The molecule has 0 aliphatic carbocycles. The average Bonchev–Trinajstić information content (AvgIpc) is 2.70. The molecular formula is C13H16N2O4S3. The van der Waals surface area contributed by atoms with Gasteiger partial charge in [-0.1, -0.05) is 0 Å². The molecule has 9 heteroatoms. The lowest BCUT2D eigenvalue weighted by Crippen LogP contribution is -2.13. The molecule has 0 aliphatic rings. The van der Waals surface area contributed by atoms with E-state index < -0.39 is 20.0 Å². The van der Waals surface area contributed by atoms with Crippen molar-refractivity contribution < 1.29 is 16.8 Å². The highest BCUT2D eigenvalue weighted by molar-refractivity contribution is 7.93. The Hall–Kier alpha value is -1.58. The Morgan fingerprint density at radius 3 is 1.82 bits per heavy atom. The molecule has 0 aliphatic heterocycles. The summed E-state index contributed by atoms with van der Waals surface area (Å²) in [7, 11) is -7.01. The Kier molecular flexibility index (Phi) is 4.50. The van der Waals surface area contributed by atoms with E-state index in [4.69, 9.17) is 0 Å². The molecule has 0 saturated heterocycles. The first-order chi connectivity index (χ1) is 10.1. The van der Waals surface area contributed by atoms with Gasteiger partial charge in [0.15, 0.2) is 0 Å². The van der Waals surface area contributed by atoms with Crippen LogP contribution in [0.1, 0.15) is 9.75 Å². The Morgan fingerprint density at radius 2 is 1.41 bits per heavy atom. The van der Waals surface area contributed by atoms with E-state index in [2.05, 4.69) is 9.44 Å². The number of rotatable bonds is 5. The zero-order chi connectivity index (χ0) is 16.5. The number of hydrogen-bond donors (Lipinski definition) is 2. The van der Waals surface area contributed by atoms with Crippen molar-refractivity contribution in [2.45, 2.75) is 18.7 Å². The Bertz CT molecular complexity index is 882. The van der Waals surface area contributed by atoms with Crippen LogP contribution >= 0.6 is 11.3 Å². The van der Waals surface area contributed by atoms with Crippen LogP contribution in [0.25, 0.3) is 0 Å². The molecule has 0 atom stereocenters. The molecule has 1 aromatic heterocycles. The van der Waals surface area contributed by atoms with Crippen LogP contribution in [-0.4, -0.2) is 23.1 Å². The Morgan fingerprint density at radius 1 is 0.909 bits per heavy atom. The molecule has 0 amide bonds. The second-order valence-electron chi connectivity index (χ2n) is 4.83. The normalized spacial score (nSPS) is 12.1. The number of benzene rings is 1. The lowest BCUT2D eigenvalue weighted by atomic mass is 10.3. The topological polar surface area (TPSA) is 92.3 Å². The van der Waals surface area contributed by atoms with Crippen molar-refractivity contribution in [3.05, 3.63) is 40.1 Å². The van der Waals surface area contributed by atoms with Crippen molar-refractivity contribution in [1.29, 1.82) is 0 Å². The molecule has 1 aromatic carbocycles. The van der Waals surface area contributed by atoms with E-state index in [0.717, 1.165) is 16.0 Å². The highest BCUT2D eigenvalue weighted by Crippen LogP contribution is 2.27. The number of nitrogens with one attached hydrogen (secondary N) is 2. The fourth-order valence-corrected chi connectivity index (χ4v) is 5.08. The molecule has 0 fully saturated rings.